The molecule has 0 aliphatic carbocycles. The maximum atomic E-state index is 12.3. The second-order valence-electron chi connectivity index (χ2n) is 4.69. The van der Waals surface area contributed by atoms with Crippen molar-refractivity contribution < 1.29 is 9.21 Å². The van der Waals surface area contributed by atoms with Gasteiger partial charge in [-0.15, -0.1) is 34.9 Å². The molecule has 0 bridgehead atoms. The van der Waals surface area contributed by atoms with E-state index in [1.54, 1.807) is 29.7 Å². The van der Waals surface area contributed by atoms with E-state index in [4.69, 9.17) is 4.42 Å². The van der Waals surface area contributed by atoms with Crippen LogP contribution in [0.5, 0.6) is 0 Å². The molecule has 0 N–H and O–H groups in total. The van der Waals surface area contributed by atoms with Gasteiger partial charge in [-0.05, 0) is 41.5 Å². The highest BCUT2D eigenvalue weighted by Gasteiger charge is 2.30. The first-order valence-electron chi connectivity index (χ1n) is 6.68. The molecule has 1 fully saturated rings. The number of hydrogen-bond donors (Lipinski definition) is 0. The lowest BCUT2D eigenvalue weighted by molar-refractivity contribution is 0.0948. The Balaban J connectivity index is 1.77. The van der Waals surface area contributed by atoms with Crippen LogP contribution in [0.2, 0.25) is 0 Å². The summed E-state index contributed by atoms with van der Waals surface area (Å²) in [4.78, 5) is 13.7. The first kappa shape index (κ1) is 14.3. The van der Waals surface area contributed by atoms with E-state index >= 15 is 0 Å². The van der Waals surface area contributed by atoms with Crippen molar-refractivity contribution in [3.8, 4) is 0 Å². The zero-order valence-corrected chi connectivity index (χ0v) is 13.4. The molecule has 0 aromatic carbocycles. The van der Waals surface area contributed by atoms with Crippen LogP contribution in [0.15, 0.2) is 40.3 Å². The van der Waals surface area contributed by atoms with E-state index in [2.05, 4.69) is 17.5 Å². The van der Waals surface area contributed by atoms with Crippen molar-refractivity contribution in [3.63, 3.8) is 0 Å². The van der Waals surface area contributed by atoms with Gasteiger partial charge in [-0.3, -0.25) is 4.79 Å². The van der Waals surface area contributed by atoms with Gasteiger partial charge in [0.2, 0.25) is 0 Å². The molecule has 0 saturated carbocycles. The second-order valence-corrected chi connectivity index (χ2v) is 8.47. The summed E-state index contributed by atoms with van der Waals surface area (Å²) in [5, 5.41) is 2.10. The molecule has 2 nitrogen and oxygen atoms in total. The molecule has 1 aliphatic rings. The van der Waals surface area contributed by atoms with Crippen LogP contribution in [0.4, 0.5) is 0 Å². The molecule has 1 unspecified atom stereocenters. The molecule has 5 heteroatoms. The third-order valence-corrected chi connectivity index (χ3v) is 7.47. The number of rotatable bonds is 5. The predicted molar refractivity (Wildman–Crippen MR) is 88.0 cm³/mol. The fourth-order valence-electron chi connectivity index (χ4n) is 2.31. The fraction of sp³-hybridized carbons (Fsp3) is 0.400. The number of ketones is 1. The van der Waals surface area contributed by atoms with E-state index in [0.717, 1.165) is 0 Å². The van der Waals surface area contributed by atoms with Gasteiger partial charge in [0, 0.05) is 17.2 Å². The summed E-state index contributed by atoms with van der Waals surface area (Å²) in [6.07, 6.45) is 3.38. The number of carbonyl (C=O) groups is 1. The standard InChI is InChI=1S/C15H16O2S3/c16-12(13-4-1-6-17-13)10-11(14-5-2-7-18-14)15-19-8-3-9-20-15/h1-2,4-7,11,15H,3,8-10H2. The van der Waals surface area contributed by atoms with Crippen LogP contribution in [-0.2, 0) is 0 Å². The lowest BCUT2D eigenvalue weighted by Crippen LogP contribution is -2.19. The molecule has 0 amide bonds. The van der Waals surface area contributed by atoms with E-state index < -0.39 is 0 Å². The Morgan fingerprint density at radius 1 is 1.30 bits per heavy atom. The Labute approximate surface area is 131 Å². The largest absolute Gasteiger partial charge is 0.461 e. The third kappa shape index (κ3) is 3.32. The molecular weight excluding hydrogens is 308 g/mol. The molecule has 1 saturated heterocycles. The van der Waals surface area contributed by atoms with E-state index in [0.29, 0.717) is 22.7 Å². The van der Waals surface area contributed by atoms with Crippen molar-refractivity contribution >= 4 is 40.6 Å². The monoisotopic (exact) mass is 324 g/mol. The van der Waals surface area contributed by atoms with Crippen LogP contribution in [0, 0.1) is 0 Å². The summed E-state index contributed by atoms with van der Waals surface area (Å²) in [6, 6.07) is 7.76. The summed E-state index contributed by atoms with van der Waals surface area (Å²) in [6.45, 7) is 0. The first-order chi connectivity index (χ1) is 9.84. The van der Waals surface area contributed by atoms with Gasteiger partial charge in [0.25, 0.3) is 0 Å². The number of hydrogen-bond acceptors (Lipinski definition) is 5. The quantitative estimate of drug-likeness (QED) is 0.732. The molecule has 2 aromatic heterocycles. The lowest BCUT2D eigenvalue weighted by Gasteiger charge is -2.28. The van der Waals surface area contributed by atoms with Crippen LogP contribution in [0.3, 0.4) is 0 Å². The maximum Gasteiger partial charge on any atom is 0.198 e. The van der Waals surface area contributed by atoms with Crippen LogP contribution in [-0.4, -0.2) is 21.9 Å². The van der Waals surface area contributed by atoms with Crippen molar-refractivity contribution in [1.29, 1.82) is 0 Å². The SMILES string of the molecule is O=C(CC(c1cccs1)C1SCCCS1)c1ccco1. The lowest BCUT2D eigenvalue weighted by atomic mass is 10.0. The van der Waals surface area contributed by atoms with Gasteiger partial charge < -0.3 is 4.42 Å². The van der Waals surface area contributed by atoms with Crippen molar-refractivity contribution in [1.82, 2.24) is 0 Å². The Kier molecular flexibility index (Phi) is 4.91. The van der Waals surface area contributed by atoms with E-state index in [-0.39, 0.29) is 5.78 Å². The summed E-state index contributed by atoms with van der Waals surface area (Å²) in [5.74, 6) is 3.30. The van der Waals surface area contributed by atoms with Crippen LogP contribution in [0.25, 0.3) is 0 Å². The predicted octanol–water partition coefficient (Wildman–Crippen LogP) is 4.89. The number of carbonyl (C=O) groups excluding carboxylic acids is 1. The Morgan fingerprint density at radius 2 is 2.15 bits per heavy atom. The summed E-state index contributed by atoms with van der Waals surface area (Å²) in [5.41, 5.74) is 0. The van der Waals surface area contributed by atoms with Crippen LogP contribution < -0.4 is 0 Å². The third-order valence-electron chi connectivity index (χ3n) is 3.29. The topological polar surface area (TPSA) is 30.2 Å². The maximum absolute atomic E-state index is 12.3. The Morgan fingerprint density at radius 3 is 2.80 bits per heavy atom. The normalized spacial score (nSPS) is 18.0. The van der Waals surface area contributed by atoms with E-state index in [1.807, 2.05) is 23.5 Å². The molecule has 106 valence electrons. The molecule has 2 aromatic rings. The minimum Gasteiger partial charge on any atom is -0.461 e. The Bertz CT molecular complexity index is 527. The average molecular weight is 324 g/mol. The van der Waals surface area contributed by atoms with Crippen molar-refractivity contribution in [2.75, 3.05) is 11.5 Å². The molecular formula is C15H16O2S3. The summed E-state index contributed by atoms with van der Waals surface area (Å²) < 4.78 is 5.73. The number of thiophene rings is 1. The molecule has 3 rings (SSSR count). The van der Waals surface area contributed by atoms with Crippen molar-refractivity contribution in [3.05, 3.63) is 46.5 Å². The highest BCUT2D eigenvalue weighted by atomic mass is 32.2. The molecule has 0 radical (unpaired) electrons. The number of thioether (sulfide) groups is 2. The molecule has 1 aliphatic heterocycles. The zero-order chi connectivity index (χ0) is 13.8. The first-order valence-corrected chi connectivity index (χ1v) is 9.65. The minimum atomic E-state index is 0.111. The minimum absolute atomic E-state index is 0.111. The summed E-state index contributed by atoms with van der Waals surface area (Å²) in [7, 11) is 0. The highest BCUT2D eigenvalue weighted by molar-refractivity contribution is 8.17. The smallest absolute Gasteiger partial charge is 0.198 e. The molecule has 20 heavy (non-hydrogen) atoms. The Hall–Kier alpha value is -0.650. The van der Waals surface area contributed by atoms with Gasteiger partial charge in [0.1, 0.15) is 0 Å². The van der Waals surface area contributed by atoms with Gasteiger partial charge in [-0.1, -0.05) is 6.07 Å². The van der Waals surface area contributed by atoms with Gasteiger partial charge in [0.05, 0.1) is 10.8 Å². The second kappa shape index (κ2) is 6.87. The van der Waals surface area contributed by atoms with Crippen molar-refractivity contribution in [2.45, 2.75) is 23.3 Å². The van der Waals surface area contributed by atoms with Gasteiger partial charge in [-0.2, -0.15) is 0 Å². The molecule has 0 spiro atoms. The fourth-order valence-corrected chi connectivity index (χ4v) is 6.53. The van der Waals surface area contributed by atoms with E-state index in [1.165, 1.54) is 22.8 Å². The van der Waals surface area contributed by atoms with Crippen molar-refractivity contribution in [2.24, 2.45) is 0 Å². The number of furan rings is 1. The van der Waals surface area contributed by atoms with Crippen LogP contribution >= 0.6 is 34.9 Å². The molecule has 1 atom stereocenters. The average Bonchev–Trinajstić information content (AvgIpc) is 3.18. The zero-order valence-electron chi connectivity index (χ0n) is 11.0. The van der Waals surface area contributed by atoms with Gasteiger partial charge >= 0.3 is 0 Å². The van der Waals surface area contributed by atoms with Crippen LogP contribution in [0.1, 0.15) is 34.2 Å². The summed E-state index contributed by atoms with van der Waals surface area (Å²) >= 11 is 5.75. The van der Waals surface area contributed by atoms with E-state index in [9.17, 15) is 4.79 Å². The number of Topliss-reactive ketones (excluding diaryl/α,β-unsaturated/α-hetero) is 1. The molecule has 3 heterocycles. The highest BCUT2D eigenvalue weighted by Crippen LogP contribution is 2.43. The van der Waals surface area contributed by atoms with Gasteiger partial charge in [-0.25, -0.2) is 0 Å². The van der Waals surface area contributed by atoms with Gasteiger partial charge in [0.15, 0.2) is 11.5 Å².